The second-order valence-electron chi connectivity index (χ2n) is 6.35. The minimum absolute atomic E-state index is 0.00281. The number of sulfonamides is 1. The number of carbonyl (C=O) groups excluding carboxylic acids is 1. The second kappa shape index (κ2) is 7.93. The molecule has 0 aliphatic carbocycles. The molecule has 1 aliphatic rings. The molecule has 1 aliphatic heterocycles. The van der Waals surface area contributed by atoms with E-state index in [-0.39, 0.29) is 10.8 Å². The molecule has 0 unspecified atom stereocenters. The molecule has 1 amide bonds. The lowest BCUT2D eigenvalue weighted by Crippen LogP contribution is -2.47. The Morgan fingerprint density at radius 2 is 1.85 bits per heavy atom. The van der Waals surface area contributed by atoms with Gasteiger partial charge in [-0.3, -0.25) is 4.79 Å². The van der Waals surface area contributed by atoms with E-state index < -0.39 is 22.0 Å². The van der Waals surface area contributed by atoms with Crippen molar-refractivity contribution in [3.63, 3.8) is 0 Å². The lowest BCUT2D eigenvalue weighted by atomic mass is 10.1. The van der Waals surface area contributed by atoms with Crippen LogP contribution in [0.15, 0.2) is 47.5 Å². The first-order chi connectivity index (χ1) is 12.9. The van der Waals surface area contributed by atoms with Crippen molar-refractivity contribution in [1.29, 1.82) is 0 Å². The molecule has 8 nitrogen and oxygen atoms in total. The van der Waals surface area contributed by atoms with E-state index in [0.29, 0.717) is 30.5 Å². The highest BCUT2D eigenvalue weighted by atomic mass is 32.2. The van der Waals surface area contributed by atoms with Crippen molar-refractivity contribution in [2.75, 3.05) is 18.5 Å². The van der Waals surface area contributed by atoms with Crippen LogP contribution < -0.4 is 19.5 Å². The molecule has 3 rings (SSSR count). The maximum absolute atomic E-state index is 12.8. The minimum atomic E-state index is -3.94. The predicted molar refractivity (Wildman–Crippen MR) is 99.2 cm³/mol. The molecule has 1 aromatic heterocycles. The van der Waals surface area contributed by atoms with E-state index in [2.05, 4.69) is 15.0 Å². The van der Waals surface area contributed by atoms with Gasteiger partial charge in [0, 0.05) is 12.3 Å². The topological polar surface area (TPSA) is 107 Å². The molecule has 2 N–H and O–H groups in total. The number of amides is 1. The zero-order valence-electron chi connectivity index (χ0n) is 15.0. The van der Waals surface area contributed by atoms with E-state index in [1.165, 1.54) is 12.1 Å². The SMILES string of the molecule is CC(C)[C@@H](NS(=O)(=O)c1ccc2c(c1)OCCO2)C(=O)Nc1ccccn1. The smallest absolute Gasteiger partial charge is 0.243 e. The van der Waals surface area contributed by atoms with Crippen molar-refractivity contribution < 1.29 is 22.7 Å². The van der Waals surface area contributed by atoms with Crippen LogP contribution in [0.4, 0.5) is 5.82 Å². The highest BCUT2D eigenvalue weighted by Crippen LogP contribution is 2.32. The molecule has 0 bridgehead atoms. The third-order valence-corrected chi connectivity index (χ3v) is 5.41. The Bertz CT molecular complexity index is 916. The Labute approximate surface area is 158 Å². The Morgan fingerprint density at radius 1 is 1.11 bits per heavy atom. The van der Waals surface area contributed by atoms with Crippen molar-refractivity contribution in [3.05, 3.63) is 42.6 Å². The molecule has 9 heteroatoms. The van der Waals surface area contributed by atoms with Gasteiger partial charge >= 0.3 is 0 Å². The molecule has 0 saturated carbocycles. The van der Waals surface area contributed by atoms with Crippen LogP contribution >= 0.6 is 0 Å². The molecule has 0 radical (unpaired) electrons. The lowest BCUT2D eigenvalue weighted by Gasteiger charge is -2.22. The quantitative estimate of drug-likeness (QED) is 0.778. The summed E-state index contributed by atoms with van der Waals surface area (Å²) in [6, 6.07) is 8.47. The van der Waals surface area contributed by atoms with Crippen LogP contribution in [0.1, 0.15) is 13.8 Å². The summed E-state index contributed by atoms with van der Waals surface area (Å²) in [5.41, 5.74) is 0. The Hall–Kier alpha value is -2.65. The van der Waals surface area contributed by atoms with Crippen LogP contribution in [0.25, 0.3) is 0 Å². The maximum Gasteiger partial charge on any atom is 0.243 e. The Morgan fingerprint density at radius 3 is 2.52 bits per heavy atom. The van der Waals surface area contributed by atoms with Crippen LogP contribution in [0.5, 0.6) is 11.5 Å². The predicted octanol–water partition coefficient (Wildman–Crippen LogP) is 1.79. The molecule has 1 aromatic carbocycles. The second-order valence-corrected chi connectivity index (χ2v) is 8.07. The fraction of sp³-hybridized carbons (Fsp3) is 0.333. The first-order valence-electron chi connectivity index (χ1n) is 8.51. The third-order valence-electron chi connectivity index (χ3n) is 3.97. The Kier molecular flexibility index (Phi) is 5.62. The molecule has 1 atom stereocenters. The number of aromatic nitrogens is 1. The van der Waals surface area contributed by atoms with Gasteiger partial charge in [0.1, 0.15) is 25.1 Å². The largest absolute Gasteiger partial charge is 0.486 e. The van der Waals surface area contributed by atoms with E-state index in [4.69, 9.17) is 9.47 Å². The van der Waals surface area contributed by atoms with E-state index in [0.717, 1.165) is 0 Å². The van der Waals surface area contributed by atoms with E-state index in [1.54, 1.807) is 44.3 Å². The highest BCUT2D eigenvalue weighted by Gasteiger charge is 2.29. The highest BCUT2D eigenvalue weighted by molar-refractivity contribution is 7.89. The average Bonchev–Trinajstić information content (AvgIpc) is 2.66. The van der Waals surface area contributed by atoms with Gasteiger partial charge in [0.25, 0.3) is 0 Å². The number of fused-ring (bicyclic) bond motifs is 1. The number of benzene rings is 1. The molecule has 2 heterocycles. The number of pyridine rings is 1. The number of anilines is 1. The number of hydrogen-bond donors (Lipinski definition) is 2. The summed E-state index contributed by atoms with van der Waals surface area (Å²) in [5.74, 6) is 0.453. The van der Waals surface area contributed by atoms with Gasteiger partial charge in [-0.2, -0.15) is 4.72 Å². The number of ether oxygens (including phenoxy) is 2. The van der Waals surface area contributed by atoms with Gasteiger partial charge in [-0.25, -0.2) is 13.4 Å². The molecule has 0 saturated heterocycles. The normalized spacial score (nSPS) is 14.6. The zero-order valence-corrected chi connectivity index (χ0v) is 15.8. The minimum Gasteiger partial charge on any atom is -0.486 e. The molecule has 0 spiro atoms. The number of rotatable bonds is 6. The molecule has 2 aromatic rings. The van der Waals surface area contributed by atoms with Gasteiger partial charge in [-0.15, -0.1) is 0 Å². The van der Waals surface area contributed by atoms with Crippen LogP contribution in [0, 0.1) is 5.92 Å². The summed E-state index contributed by atoms with van der Waals surface area (Å²) in [5, 5.41) is 2.63. The van der Waals surface area contributed by atoms with Crippen molar-refractivity contribution in [2.24, 2.45) is 5.92 Å². The number of nitrogens with zero attached hydrogens (tertiary/aromatic N) is 1. The summed E-state index contributed by atoms with van der Waals surface area (Å²) in [7, 11) is -3.94. The summed E-state index contributed by atoms with van der Waals surface area (Å²) in [6.07, 6.45) is 1.54. The van der Waals surface area contributed by atoms with Gasteiger partial charge in [0.05, 0.1) is 4.90 Å². The van der Waals surface area contributed by atoms with E-state index in [1.807, 2.05) is 0 Å². The van der Waals surface area contributed by atoms with Gasteiger partial charge < -0.3 is 14.8 Å². The fourth-order valence-corrected chi connectivity index (χ4v) is 3.92. The van der Waals surface area contributed by atoms with Crippen molar-refractivity contribution in [2.45, 2.75) is 24.8 Å². The first-order valence-corrected chi connectivity index (χ1v) is 9.99. The molecule has 27 heavy (non-hydrogen) atoms. The first kappa shape index (κ1) is 19.1. The molecular weight excluding hydrogens is 370 g/mol. The van der Waals surface area contributed by atoms with Crippen LogP contribution in [0.2, 0.25) is 0 Å². The monoisotopic (exact) mass is 391 g/mol. The summed E-state index contributed by atoms with van der Waals surface area (Å²) in [6.45, 7) is 4.29. The van der Waals surface area contributed by atoms with Gasteiger partial charge in [-0.1, -0.05) is 19.9 Å². The fourth-order valence-electron chi connectivity index (χ4n) is 2.56. The van der Waals surface area contributed by atoms with Gasteiger partial charge in [-0.05, 0) is 30.2 Å². The number of hydrogen-bond acceptors (Lipinski definition) is 6. The molecular formula is C18H21N3O5S. The molecule has 0 fully saturated rings. The van der Waals surface area contributed by atoms with Crippen LogP contribution in [-0.4, -0.2) is 38.6 Å². The van der Waals surface area contributed by atoms with Gasteiger partial charge in [0.2, 0.25) is 15.9 Å². The molecule has 144 valence electrons. The van der Waals surface area contributed by atoms with Gasteiger partial charge in [0.15, 0.2) is 11.5 Å². The lowest BCUT2D eigenvalue weighted by molar-refractivity contribution is -0.118. The van der Waals surface area contributed by atoms with Crippen molar-refractivity contribution in [3.8, 4) is 11.5 Å². The number of carbonyl (C=O) groups is 1. The maximum atomic E-state index is 12.8. The zero-order chi connectivity index (χ0) is 19.4. The Balaban J connectivity index is 1.79. The summed E-state index contributed by atoms with van der Waals surface area (Å²) < 4.78 is 38.9. The van der Waals surface area contributed by atoms with E-state index >= 15 is 0 Å². The van der Waals surface area contributed by atoms with Crippen molar-refractivity contribution >= 4 is 21.7 Å². The van der Waals surface area contributed by atoms with Crippen molar-refractivity contribution in [1.82, 2.24) is 9.71 Å². The average molecular weight is 391 g/mol. The van der Waals surface area contributed by atoms with E-state index in [9.17, 15) is 13.2 Å². The standard InChI is InChI=1S/C18H21N3O5S/c1-12(2)17(18(22)20-16-5-3-4-8-19-16)21-27(23,24)13-6-7-14-15(11-13)26-10-9-25-14/h3-8,11-12,17,21H,9-10H2,1-2H3,(H,19,20,22)/t17-/m1/s1. The summed E-state index contributed by atoms with van der Waals surface area (Å²) >= 11 is 0. The third kappa shape index (κ3) is 4.55. The summed E-state index contributed by atoms with van der Waals surface area (Å²) in [4.78, 5) is 16.6. The van der Waals surface area contributed by atoms with Crippen LogP contribution in [0.3, 0.4) is 0 Å². The number of nitrogens with one attached hydrogen (secondary N) is 2. The van der Waals surface area contributed by atoms with Crippen LogP contribution in [-0.2, 0) is 14.8 Å².